The molecule has 1 fully saturated rings. The van der Waals surface area contributed by atoms with E-state index in [9.17, 15) is 5.11 Å². The van der Waals surface area contributed by atoms with Gasteiger partial charge in [0.25, 0.3) is 0 Å². The molecule has 0 saturated carbocycles. The fourth-order valence-corrected chi connectivity index (χ4v) is 4.16. The molecule has 4 aromatic rings. The molecule has 1 aromatic carbocycles. The first-order valence-corrected chi connectivity index (χ1v) is 10.6. The Morgan fingerprint density at radius 2 is 2.19 bits per heavy atom. The van der Waals surface area contributed by atoms with Crippen LogP contribution in [0.1, 0.15) is 11.1 Å². The van der Waals surface area contributed by atoms with E-state index >= 15 is 0 Å². The Morgan fingerprint density at radius 3 is 3.03 bits per heavy atom. The smallest absolute Gasteiger partial charge is 0.182 e. The molecule has 0 radical (unpaired) electrons. The molecule has 3 aromatic heterocycles. The Labute approximate surface area is 185 Å². The van der Waals surface area contributed by atoms with Crippen LogP contribution >= 0.6 is 0 Å². The summed E-state index contributed by atoms with van der Waals surface area (Å²) in [5.74, 6) is 2.30. The lowest BCUT2D eigenvalue weighted by atomic mass is 10.1. The summed E-state index contributed by atoms with van der Waals surface area (Å²) in [4.78, 5) is 19.3. The molecule has 1 aliphatic rings. The molecule has 4 heterocycles. The van der Waals surface area contributed by atoms with Crippen molar-refractivity contribution in [3.63, 3.8) is 0 Å². The summed E-state index contributed by atoms with van der Waals surface area (Å²) in [5.41, 5.74) is 4.62. The maximum Gasteiger partial charge on any atom is 0.182 e. The number of methoxy groups -OCH3 is 1. The van der Waals surface area contributed by atoms with Gasteiger partial charge >= 0.3 is 0 Å². The van der Waals surface area contributed by atoms with Crippen LogP contribution in [0, 0.1) is 6.92 Å². The van der Waals surface area contributed by atoms with Gasteiger partial charge in [-0.3, -0.25) is 0 Å². The number of ether oxygens (including phenoxy) is 2. The number of aliphatic hydroxyl groups excluding tert-OH is 1. The van der Waals surface area contributed by atoms with Gasteiger partial charge in [0.05, 0.1) is 38.1 Å². The van der Waals surface area contributed by atoms with Gasteiger partial charge in [-0.2, -0.15) is 0 Å². The van der Waals surface area contributed by atoms with E-state index in [0.717, 1.165) is 40.1 Å². The van der Waals surface area contributed by atoms with Gasteiger partial charge in [-0.25, -0.2) is 15.0 Å². The molecule has 3 N–H and O–H groups in total. The SMILES string of the molecule is COc1ccc(CNc2cnc3ccc(N4CCOC(CO)C4)nc3n2)c2c(C)c[nH]c12. The quantitative estimate of drug-likeness (QED) is 0.425. The second-order valence-electron chi connectivity index (χ2n) is 7.89. The summed E-state index contributed by atoms with van der Waals surface area (Å²) in [7, 11) is 1.68. The number of aryl methyl sites for hydroxylation is 1. The average Bonchev–Trinajstić information content (AvgIpc) is 3.24. The number of H-pyrrole nitrogens is 1. The highest BCUT2D eigenvalue weighted by Crippen LogP contribution is 2.30. The maximum atomic E-state index is 9.40. The first kappa shape index (κ1) is 20.5. The predicted molar refractivity (Wildman–Crippen MR) is 123 cm³/mol. The topological polar surface area (TPSA) is 108 Å². The van der Waals surface area contributed by atoms with Gasteiger partial charge in [-0.1, -0.05) is 6.07 Å². The van der Waals surface area contributed by atoms with E-state index in [1.54, 1.807) is 13.3 Å². The van der Waals surface area contributed by atoms with E-state index in [4.69, 9.17) is 14.5 Å². The average molecular weight is 435 g/mol. The largest absolute Gasteiger partial charge is 0.495 e. The van der Waals surface area contributed by atoms with Crippen LogP contribution in [0.25, 0.3) is 22.1 Å². The number of fused-ring (bicyclic) bond motifs is 2. The maximum absolute atomic E-state index is 9.40. The third-order valence-electron chi connectivity index (χ3n) is 5.82. The van der Waals surface area contributed by atoms with E-state index in [1.165, 1.54) is 5.56 Å². The highest BCUT2D eigenvalue weighted by Gasteiger charge is 2.21. The van der Waals surface area contributed by atoms with Crippen LogP contribution in [-0.2, 0) is 11.3 Å². The van der Waals surface area contributed by atoms with E-state index in [-0.39, 0.29) is 12.7 Å². The Kier molecular flexibility index (Phi) is 5.50. The molecule has 9 nitrogen and oxygen atoms in total. The number of aliphatic hydroxyl groups is 1. The normalized spacial score (nSPS) is 16.6. The number of hydrogen-bond acceptors (Lipinski definition) is 8. The van der Waals surface area contributed by atoms with Crippen molar-refractivity contribution >= 4 is 33.7 Å². The van der Waals surface area contributed by atoms with E-state index < -0.39 is 0 Å². The number of pyridine rings is 1. The van der Waals surface area contributed by atoms with Crippen molar-refractivity contribution in [2.45, 2.75) is 19.6 Å². The second kappa shape index (κ2) is 8.60. The monoisotopic (exact) mass is 434 g/mol. The van der Waals surface area contributed by atoms with E-state index in [2.05, 4.69) is 38.2 Å². The molecule has 1 unspecified atom stereocenters. The minimum atomic E-state index is -0.196. The standard InChI is InChI=1S/C23H26N6O3/c1-14-9-26-22-18(31-2)5-3-15(21(14)22)10-25-19-11-24-17-4-6-20(28-23(17)27-19)29-7-8-32-16(12-29)13-30/h3-6,9,11,16,26,30H,7-8,10,12-13H2,1-2H3,(H,25,27,28). The molecule has 166 valence electrons. The molecular formula is C23H26N6O3. The number of morpholine rings is 1. The lowest BCUT2D eigenvalue weighted by Gasteiger charge is -2.32. The van der Waals surface area contributed by atoms with Crippen LogP contribution in [0.3, 0.4) is 0 Å². The predicted octanol–water partition coefficient (Wildman–Crippen LogP) is 2.63. The number of rotatable bonds is 6. The van der Waals surface area contributed by atoms with Crippen LogP contribution < -0.4 is 15.0 Å². The van der Waals surface area contributed by atoms with Crippen LogP contribution in [-0.4, -0.2) is 64.6 Å². The number of anilines is 2. The molecule has 0 bridgehead atoms. The number of nitrogens with one attached hydrogen (secondary N) is 2. The second-order valence-corrected chi connectivity index (χ2v) is 7.89. The molecule has 1 aliphatic heterocycles. The third kappa shape index (κ3) is 3.80. The Morgan fingerprint density at radius 1 is 1.28 bits per heavy atom. The van der Waals surface area contributed by atoms with E-state index in [0.29, 0.717) is 31.2 Å². The van der Waals surface area contributed by atoms with Crippen molar-refractivity contribution in [2.24, 2.45) is 0 Å². The molecule has 9 heteroatoms. The van der Waals surface area contributed by atoms with Gasteiger partial charge in [-0.15, -0.1) is 0 Å². The molecule has 0 aliphatic carbocycles. The summed E-state index contributed by atoms with van der Waals surface area (Å²) in [6.07, 6.45) is 3.52. The summed E-state index contributed by atoms with van der Waals surface area (Å²) in [5, 5.41) is 13.9. The summed E-state index contributed by atoms with van der Waals surface area (Å²) < 4.78 is 11.0. The zero-order valence-corrected chi connectivity index (χ0v) is 18.1. The van der Waals surface area contributed by atoms with Gasteiger partial charge in [0.1, 0.15) is 22.9 Å². The number of hydrogen-bond donors (Lipinski definition) is 3. The first-order valence-electron chi connectivity index (χ1n) is 10.6. The number of benzene rings is 1. The minimum Gasteiger partial charge on any atom is -0.495 e. The van der Waals surface area contributed by atoms with Crippen molar-refractivity contribution in [1.29, 1.82) is 0 Å². The molecule has 1 atom stereocenters. The van der Waals surface area contributed by atoms with E-state index in [1.807, 2.05) is 24.4 Å². The van der Waals surface area contributed by atoms with Crippen molar-refractivity contribution in [3.8, 4) is 5.75 Å². The van der Waals surface area contributed by atoms with Gasteiger partial charge in [0.15, 0.2) is 5.65 Å². The number of aromatic amines is 1. The Hall–Kier alpha value is -3.43. The Balaban J connectivity index is 1.38. The summed E-state index contributed by atoms with van der Waals surface area (Å²) >= 11 is 0. The Bertz CT molecular complexity index is 1260. The molecule has 5 rings (SSSR count). The number of aromatic nitrogens is 4. The molecule has 32 heavy (non-hydrogen) atoms. The lowest BCUT2D eigenvalue weighted by Crippen LogP contribution is -2.44. The van der Waals surface area contributed by atoms with Crippen LogP contribution in [0.5, 0.6) is 5.75 Å². The number of nitrogens with zero attached hydrogens (tertiary/aromatic N) is 4. The highest BCUT2D eigenvalue weighted by atomic mass is 16.5. The zero-order valence-electron chi connectivity index (χ0n) is 18.1. The van der Waals surface area contributed by atoms with Gasteiger partial charge < -0.3 is 29.8 Å². The fourth-order valence-electron chi connectivity index (χ4n) is 4.16. The van der Waals surface area contributed by atoms with Crippen LogP contribution in [0.4, 0.5) is 11.6 Å². The van der Waals surface area contributed by atoms with Crippen LogP contribution in [0.15, 0.2) is 36.7 Å². The van der Waals surface area contributed by atoms with Crippen LogP contribution in [0.2, 0.25) is 0 Å². The highest BCUT2D eigenvalue weighted by molar-refractivity contribution is 5.91. The van der Waals surface area contributed by atoms with Gasteiger partial charge in [-0.05, 0) is 36.2 Å². The fraction of sp³-hybridized carbons (Fsp3) is 0.348. The zero-order chi connectivity index (χ0) is 22.1. The minimum absolute atomic E-state index is 0.00278. The van der Waals surface area contributed by atoms with Gasteiger partial charge in [0.2, 0.25) is 0 Å². The molecule has 1 saturated heterocycles. The third-order valence-corrected chi connectivity index (χ3v) is 5.82. The lowest BCUT2D eigenvalue weighted by molar-refractivity contribution is 0.00337. The first-order chi connectivity index (χ1) is 15.7. The summed E-state index contributed by atoms with van der Waals surface area (Å²) in [6, 6.07) is 7.90. The van der Waals surface area contributed by atoms with Crippen molar-refractivity contribution < 1.29 is 14.6 Å². The van der Waals surface area contributed by atoms with Crippen molar-refractivity contribution in [2.75, 3.05) is 43.6 Å². The molecule has 0 spiro atoms. The molecule has 0 amide bonds. The van der Waals surface area contributed by atoms with Gasteiger partial charge in [0, 0.05) is 31.2 Å². The molecular weight excluding hydrogens is 408 g/mol. The van der Waals surface area contributed by atoms with Crippen molar-refractivity contribution in [3.05, 3.63) is 47.8 Å². The summed E-state index contributed by atoms with van der Waals surface area (Å²) in [6.45, 7) is 4.56. The van der Waals surface area contributed by atoms with Crippen molar-refractivity contribution in [1.82, 2.24) is 19.9 Å².